The fourth-order valence-corrected chi connectivity index (χ4v) is 1.39. The lowest BCUT2D eigenvalue weighted by Gasteiger charge is -2.25. The molecule has 102 valence electrons. The molecule has 1 heterocycles. The normalized spacial score (nSPS) is 26.0. The second kappa shape index (κ2) is 6.17. The molecule has 0 fully saturated rings. The Morgan fingerprint density at radius 1 is 1.39 bits per heavy atom. The van der Waals surface area contributed by atoms with E-state index in [2.05, 4.69) is 10.2 Å². The van der Waals surface area contributed by atoms with E-state index in [-0.39, 0.29) is 5.78 Å². The molecule has 1 rings (SSSR count). The van der Waals surface area contributed by atoms with Crippen LogP contribution < -0.4 is 0 Å². The van der Waals surface area contributed by atoms with Crippen LogP contribution in [0.15, 0.2) is 22.4 Å². The molecule has 0 aromatic heterocycles. The maximum Gasteiger partial charge on any atom is 0.414 e. The molecule has 0 unspecified atom stereocenters. The summed E-state index contributed by atoms with van der Waals surface area (Å²) >= 11 is 0. The third-order valence-electron chi connectivity index (χ3n) is 2.20. The van der Waals surface area contributed by atoms with Gasteiger partial charge in [0.05, 0.1) is 6.61 Å². The third-order valence-corrected chi connectivity index (χ3v) is 2.20. The highest BCUT2D eigenvalue weighted by atomic mass is 16.9. The van der Waals surface area contributed by atoms with Crippen LogP contribution >= 0.6 is 0 Å². The highest BCUT2D eigenvalue weighted by molar-refractivity contribution is 5.87. The van der Waals surface area contributed by atoms with E-state index < -0.39 is 11.8 Å². The van der Waals surface area contributed by atoms with Crippen molar-refractivity contribution in [3.05, 3.63) is 12.2 Å². The summed E-state index contributed by atoms with van der Waals surface area (Å²) in [4.78, 5) is 10.7. The fraction of sp³-hybridized carbons (Fsp3) is 0.750. The number of azo groups is 1. The lowest BCUT2D eigenvalue weighted by molar-refractivity contribution is -0.376. The average molecular weight is 256 g/mol. The number of ketones is 1. The molecule has 0 saturated carbocycles. The van der Waals surface area contributed by atoms with Crippen LogP contribution in [-0.2, 0) is 19.0 Å². The zero-order valence-corrected chi connectivity index (χ0v) is 11.3. The number of carbonyl (C=O) groups excluding carboxylic acids is 1. The summed E-state index contributed by atoms with van der Waals surface area (Å²) in [5, 5.41) is 7.80. The lowest BCUT2D eigenvalue weighted by atomic mass is 10.3. The van der Waals surface area contributed by atoms with Crippen LogP contribution in [0, 0.1) is 0 Å². The molecule has 18 heavy (non-hydrogen) atoms. The Labute approximate surface area is 107 Å². The van der Waals surface area contributed by atoms with Gasteiger partial charge in [0.25, 0.3) is 0 Å². The van der Waals surface area contributed by atoms with Crippen LogP contribution in [-0.4, -0.2) is 31.3 Å². The first-order valence-corrected chi connectivity index (χ1v) is 5.90. The van der Waals surface area contributed by atoms with E-state index in [1.54, 1.807) is 19.9 Å². The Morgan fingerprint density at radius 3 is 2.61 bits per heavy atom. The summed E-state index contributed by atoms with van der Waals surface area (Å²) < 4.78 is 16.0. The SMILES string of the molecule is CO[C@]1(OCCC/C=C/C(C)=O)N=NC(C)(C)O1. The van der Waals surface area contributed by atoms with Crippen molar-refractivity contribution in [3.8, 4) is 0 Å². The number of hydrogen-bond acceptors (Lipinski definition) is 6. The van der Waals surface area contributed by atoms with Gasteiger partial charge in [0.2, 0.25) is 0 Å². The van der Waals surface area contributed by atoms with Crippen LogP contribution in [0.25, 0.3) is 0 Å². The number of methoxy groups -OCH3 is 1. The first-order chi connectivity index (χ1) is 8.39. The molecule has 1 aliphatic rings. The van der Waals surface area contributed by atoms with Gasteiger partial charge in [0.15, 0.2) is 11.5 Å². The minimum atomic E-state index is -1.42. The molecule has 1 atom stereocenters. The molecule has 6 heteroatoms. The van der Waals surface area contributed by atoms with Crippen molar-refractivity contribution >= 4 is 5.78 Å². The quantitative estimate of drug-likeness (QED) is 0.398. The van der Waals surface area contributed by atoms with Crippen molar-refractivity contribution in [3.63, 3.8) is 0 Å². The van der Waals surface area contributed by atoms with E-state index in [0.717, 1.165) is 12.8 Å². The Kier molecular flexibility index (Phi) is 5.13. The van der Waals surface area contributed by atoms with Crippen LogP contribution in [0.3, 0.4) is 0 Å². The van der Waals surface area contributed by atoms with Gasteiger partial charge in [-0.2, -0.15) is 5.11 Å². The zero-order chi connectivity index (χ0) is 13.6. The van der Waals surface area contributed by atoms with Gasteiger partial charge in [-0.15, -0.1) is 0 Å². The molecule has 0 aromatic rings. The summed E-state index contributed by atoms with van der Waals surface area (Å²) in [5.41, 5.74) is -0.732. The van der Waals surface area contributed by atoms with Crippen molar-refractivity contribution in [2.45, 2.75) is 45.4 Å². The van der Waals surface area contributed by atoms with Gasteiger partial charge in [0, 0.05) is 7.11 Å². The summed E-state index contributed by atoms with van der Waals surface area (Å²) in [6.45, 7) is 5.47. The minimum Gasteiger partial charge on any atom is -0.310 e. The fourth-order valence-electron chi connectivity index (χ4n) is 1.39. The molecule has 0 aliphatic carbocycles. The van der Waals surface area contributed by atoms with Crippen LogP contribution in [0.5, 0.6) is 0 Å². The summed E-state index contributed by atoms with van der Waals surface area (Å²) in [5.74, 6) is 0.0407. The Morgan fingerprint density at radius 2 is 2.11 bits per heavy atom. The predicted molar refractivity (Wildman–Crippen MR) is 64.8 cm³/mol. The van der Waals surface area contributed by atoms with E-state index in [1.807, 2.05) is 6.08 Å². The van der Waals surface area contributed by atoms with Crippen LogP contribution in [0.1, 0.15) is 33.6 Å². The molecule has 1 aliphatic heterocycles. The van der Waals surface area contributed by atoms with Crippen molar-refractivity contribution < 1.29 is 19.0 Å². The highest BCUT2D eigenvalue weighted by Crippen LogP contribution is 2.33. The number of rotatable bonds is 7. The first-order valence-electron chi connectivity index (χ1n) is 5.90. The summed E-state index contributed by atoms with van der Waals surface area (Å²) in [6.07, 6.45) is 3.43. The number of nitrogens with zero attached hydrogens (tertiary/aromatic N) is 2. The van der Waals surface area contributed by atoms with Crippen molar-refractivity contribution in [2.75, 3.05) is 13.7 Å². The first kappa shape index (κ1) is 14.9. The molecule has 0 saturated heterocycles. The molecule has 0 N–H and O–H groups in total. The van der Waals surface area contributed by atoms with E-state index in [9.17, 15) is 4.79 Å². The van der Waals surface area contributed by atoms with Crippen LogP contribution in [0.4, 0.5) is 0 Å². The summed E-state index contributed by atoms with van der Waals surface area (Å²) in [6, 6.07) is 0. The Balaban J connectivity index is 2.30. The monoisotopic (exact) mass is 256 g/mol. The molecule has 0 bridgehead atoms. The van der Waals surface area contributed by atoms with Crippen LogP contribution in [0.2, 0.25) is 0 Å². The number of allylic oxidation sites excluding steroid dienone is 2. The number of carbonyl (C=O) groups is 1. The topological polar surface area (TPSA) is 69.5 Å². The lowest BCUT2D eigenvalue weighted by Crippen LogP contribution is -2.38. The zero-order valence-electron chi connectivity index (χ0n) is 11.3. The Bertz CT molecular complexity index is 352. The highest BCUT2D eigenvalue weighted by Gasteiger charge is 2.45. The molecular formula is C12H20N2O4. The van der Waals surface area contributed by atoms with Crippen molar-refractivity contribution in [2.24, 2.45) is 10.2 Å². The third kappa shape index (κ3) is 4.64. The van der Waals surface area contributed by atoms with Gasteiger partial charge >= 0.3 is 6.10 Å². The second-order valence-electron chi connectivity index (χ2n) is 4.48. The van der Waals surface area contributed by atoms with Crippen molar-refractivity contribution in [1.82, 2.24) is 0 Å². The Hall–Kier alpha value is -1.11. The van der Waals surface area contributed by atoms with Gasteiger partial charge in [-0.05, 0) is 39.7 Å². The maximum atomic E-state index is 10.7. The number of unbranched alkanes of at least 4 members (excludes halogenated alkanes) is 1. The van der Waals surface area contributed by atoms with Gasteiger partial charge in [0.1, 0.15) is 0 Å². The predicted octanol–water partition coefficient (Wildman–Crippen LogP) is 2.40. The largest absolute Gasteiger partial charge is 0.414 e. The molecular weight excluding hydrogens is 236 g/mol. The molecule has 0 radical (unpaired) electrons. The molecule has 0 aromatic carbocycles. The van der Waals surface area contributed by atoms with E-state index in [1.165, 1.54) is 14.0 Å². The summed E-state index contributed by atoms with van der Waals surface area (Å²) in [7, 11) is 1.45. The molecule has 6 nitrogen and oxygen atoms in total. The smallest absolute Gasteiger partial charge is 0.310 e. The van der Waals surface area contributed by atoms with E-state index >= 15 is 0 Å². The van der Waals surface area contributed by atoms with Gasteiger partial charge in [-0.3, -0.25) is 9.53 Å². The standard InChI is InChI=1S/C12H20N2O4/c1-10(15)8-6-5-7-9-17-12(16-4)14-13-11(2,3)18-12/h6,8H,5,7,9H2,1-4H3/b8-6+/t12-/m0/s1. The second-order valence-corrected chi connectivity index (χ2v) is 4.48. The van der Waals surface area contributed by atoms with Crippen molar-refractivity contribution in [1.29, 1.82) is 0 Å². The van der Waals surface area contributed by atoms with Gasteiger partial charge < -0.3 is 9.47 Å². The number of hydrogen-bond donors (Lipinski definition) is 0. The van der Waals surface area contributed by atoms with Gasteiger partial charge in [-0.25, -0.2) is 0 Å². The molecule has 0 spiro atoms. The number of ether oxygens (including phenoxy) is 3. The average Bonchev–Trinajstić information content (AvgIpc) is 2.60. The maximum absolute atomic E-state index is 10.7. The van der Waals surface area contributed by atoms with E-state index in [4.69, 9.17) is 14.2 Å². The molecule has 0 amide bonds. The van der Waals surface area contributed by atoms with Gasteiger partial charge in [-0.1, -0.05) is 11.2 Å². The van der Waals surface area contributed by atoms with E-state index in [0.29, 0.717) is 6.61 Å². The minimum absolute atomic E-state index is 0.0407.